The summed E-state index contributed by atoms with van der Waals surface area (Å²) < 4.78 is 1.86. The Hall–Kier alpha value is -1.98. The Morgan fingerprint density at radius 2 is 2.24 bits per heavy atom. The molecule has 5 heteroatoms. The van der Waals surface area contributed by atoms with Crippen molar-refractivity contribution in [1.29, 1.82) is 0 Å². The molecule has 1 fully saturated rings. The lowest BCUT2D eigenvalue weighted by molar-refractivity contribution is -0.174. The van der Waals surface area contributed by atoms with Gasteiger partial charge in [0.15, 0.2) is 0 Å². The Balaban J connectivity index is 1.97. The average Bonchev–Trinajstić information content (AvgIpc) is 3.10. The van der Waals surface area contributed by atoms with Crippen molar-refractivity contribution >= 4 is 0 Å². The number of hydroxylamine groups is 2. The molecule has 1 aliphatic heterocycles. The molecule has 2 aromatic rings. The Morgan fingerprint density at radius 3 is 2.90 bits per heavy atom. The van der Waals surface area contributed by atoms with Gasteiger partial charge >= 0.3 is 0 Å². The minimum Gasteiger partial charge on any atom is -0.295 e. The molecule has 110 valence electrons. The summed E-state index contributed by atoms with van der Waals surface area (Å²) in [5.74, 6) is 0. The van der Waals surface area contributed by atoms with Crippen LogP contribution in [0.4, 0.5) is 0 Å². The fourth-order valence-corrected chi connectivity index (χ4v) is 3.07. The van der Waals surface area contributed by atoms with E-state index in [0.717, 1.165) is 12.8 Å². The summed E-state index contributed by atoms with van der Waals surface area (Å²) in [5, 5.41) is 6.23. The van der Waals surface area contributed by atoms with Crippen molar-refractivity contribution in [2.75, 3.05) is 7.05 Å². The summed E-state index contributed by atoms with van der Waals surface area (Å²) in [6.07, 6.45) is 7.12. The van der Waals surface area contributed by atoms with Gasteiger partial charge in [0.05, 0.1) is 18.2 Å². The molecule has 0 amide bonds. The smallest absolute Gasteiger partial charge is 0.137 e. The summed E-state index contributed by atoms with van der Waals surface area (Å²) >= 11 is 0. The molecule has 0 unspecified atom stereocenters. The molecule has 0 aliphatic carbocycles. The molecule has 3 rings (SSSR count). The molecule has 0 spiro atoms. The number of likely N-dealkylation sites (N-methyl/N-ethyl adjacent to an activating group) is 1. The molecule has 0 bridgehead atoms. The van der Waals surface area contributed by atoms with Gasteiger partial charge in [0.2, 0.25) is 0 Å². The number of hydrogen-bond donors (Lipinski definition) is 0. The maximum atomic E-state index is 6.02. The first-order valence-electron chi connectivity index (χ1n) is 7.14. The highest BCUT2D eigenvalue weighted by Gasteiger charge is 2.46. The molecule has 5 nitrogen and oxygen atoms in total. The first-order chi connectivity index (χ1) is 10.2. The topological polar surface area (TPSA) is 43.2 Å². The van der Waals surface area contributed by atoms with E-state index in [1.165, 1.54) is 5.56 Å². The lowest BCUT2D eigenvalue weighted by Gasteiger charge is -2.34. The summed E-state index contributed by atoms with van der Waals surface area (Å²) in [6, 6.07) is 10.4. The van der Waals surface area contributed by atoms with Crippen molar-refractivity contribution in [3.8, 4) is 0 Å². The highest BCUT2D eigenvalue weighted by Crippen LogP contribution is 2.41. The Labute approximate surface area is 124 Å². The molecule has 2 atom stereocenters. The van der Waals surface area contributed by atoms with Crippen molar-refractivity contribution in [1.82, 2.24) is 19.8 Å². The van der Waals surface area contributed by atoms with Crippen LogP contribution in [0.25, 0.3) is 0 Å². The van der Waals surface area contributed by atoms with Crippen LogP contribution in [0.3, 0.4) is 0 Å². The third kappa shape index (κ3) is 2.62. The summed E-state index contributed by atoms with van der Waals surface area (Å²) in [4.78, 5) is 10.1. The van der Waals surface area contributed by atoms with Crippen LogP contribution in [-0.2, 0) is 16.9 Å². The van der Waals surface area contributed by atoms with E-state index < -0.39 is 0 Å². The van der Waals surface area contributed by atoms with Gasteiger partial charge in [-0.2, -0.15) is 10.2 Å². The SMILES string of the molecule is C=CC[C@@H]1C[C@](Cn2cncn2)(c2ccccc2)N(C)O1. The number of rotatable bonds is 5. The van der Waals surface area contributed by atoms with Crippen LogP contribution in [0.2, 0.25) is 0 Å². The van der Waals surface area contributed by atoms with Gasteiger partial charge in [0.25, 0.3) is 0 Å². The van der Waals surface area contributed by atoms with E-state index in [-0.39, 0.29) is 11.6 Å². The van der Waals surface area contributed by atoms with Crippen molar-refractivity contribution in [3.05, 3.63) is 61.2 Å². The maximum absolute atomic E-state index is 6.02. The van der Waals surface area contributed by atoms with E-state index in [0.29, 0.717) is 6.54 Å². The largest absolute Gasteiger partial charge is 0.295 e. The van der Waals surface area contributed by atoms with Crippen LogP contribution in [0, 0.1) is 0 Å². The Bertz CT molecular complexity index is 584. The molecular formula is C16H20N4O. The van der Waals surface area contributed by atoms with E-state index in [2.05, 4.69) is 40.9 Å². The van der Waals surface area contributed by atoms with Crippen LogP contribution in [0.1, 0.15) is 18.4 Å². The second kappa shape index (κ2) is 5.79. The number of nitrogens with zero attached hydrogens (tertiary/aromatic N) is 4. The monoisotopic (exact) mass is 284 g/mol. The highest BCUT2D eigenvalue weighted by molar-refractivity contribution is 5.25. The molecule has 0 radical (unpaired) electrons. The quantitative estimate of drug-likeness (QED) is 0.791. The van der Waals surface area contributed by atoms with Crippen molar-refractivity contribution in [2.45, 2.75) is 31.0 Å². The zero-order valence-electron chi connectivity index (χ0n) is 12.2. The summed E-state index contributed by atoms with van der Waals surface area (Å²) in [7, 11) is 1.99. The third-order valence-corrected chi connectivity index (χ3v) is 4.11. The van der Waals surface area contributed by atoms with Crippen LogP contribution in [-0.4, -0.2) is 33.0 Å². The second-order valence-electron chi connectivity index (χ2n) is 5.44. The molecule has 1 aromatic carbocycles. The van der Waals surface area contributed by atoms with E-state index in [9.17, 15) is 0 Å². The standard InChI is InChI=1S/C16H20N4O/c1-3-7-15-10-16(19(2)21-15,11-20-13-17-12-18-20)14-8-5-4-6-9-14/h3-6,8-9,12-13,15H,1,7,10-11H2,2H3/t15-,16+/m1/s1. The lowest BCUT2D eigenvalue weighted by Crippen LogP contribution is -2.41. The first-order valence-corrected chi connectivity index (χ1v) is 7.14. The van der Waals surface area contributed by atoms with E-state index in [4.69, 9.17) is 4.84 Å². The van der Waals surface area contributed by atoms with Gasteiger partial charge in [-0.05, 0) is 12.0 Å². The third-order valence-electron chi connectivity index (χ3n) is 4.11. The predicted octanol–water partition coefficient (Wildman–Crippen LogP) is 2.39. The van der Waals surface area contributed by atoms with E-state index >= 15 is 0 Å². The molecule has 1 aromatic heterocycles. The summed E-state index contributed by atoms with van der Waals surface area (Å²) in [6.45, 7) is 4.53. The van der Waals surface area contributed by atoms with Crippen LogP contribution >= 0.6 is 0 Å². The van der Waals surface area contributed by atoms with Gasteiger partial charge in [-0.25, -0.2) is 4.98 Å². The lowest BCUT2D eigenvalue weighted by atomic mass is 9.84. The van der Waals surface area contributed by atoms with Crippen LogP contribution in [0.15, 0.2) is 55.6 Å². The average molecular weight is 284 g/mol. The Kier molecular flexibility index (Phi) is 3.86. The van der Waals surface area contributed by atoms with Crippen molar-refractivity contribution in [2.24, 2.45) is 0 Å². The zero-order valence-corrected chi connectivity index (χ0v) is 12.2. The van der Waals surface area contributed by atoms with Crippen molar-refractivity contribution in [3.63, 3.8) is 0 Å². The van der Waals surface area contributed by atoms with Gasteiger partial charge in [-0.1, -0.05) is 36.4 Å². The van der Waals surface area contributed by atoms with Gasteiger partial charge < -0.3 is 0 Å². The van der Waals surface area contributed by atoms with Gasteiger partial charge in [0, 0.05) is 13.5 Å². The highest BCUT2D eigenvalue weighted by atomic mass is 16.7. The molecule has 0 saturated carbocycles. The normalized spacial score (nSPS) is 26.0. The van der Waals surface area contributed by atoms with Crippen molar-refractivity contribution < 1.29 is 4.84 Å². The fraction of sp³-hybridized carbons (Fsp3) is 0.375. The Morgan fingerprint density at radius 1 is 1.43 bits per heavy atom. The zero-order chi connectivity index (χ0) is 14.7. The maximum Gasteiger partial charge on any atom is 0.137 e. The molecule has 21 heavy (non-hydrogen) atoms. The number of aromatic nitrogens is 3. The van der Waals surface area contributed by atoms with E-state index in [1.807, 2.05) is 28.9 Å². The minimum atomic E-state index is -0.233. The van der Waals surface area contributed by atoms with Gasteiger partial charge in [-0.15, -0.1) is 6.58 Å². The second-order valence-corrected chi connectivity index (χ2v) is 5.44. The molecule has 0 N–H and O–H groups in total. The number of benzene rings is 1. The van der Waals surface area contributed by atoms with Crippen LogP contribution in [0.5, 0.6) is 0 Å². The molecular weight excluding hydrogens is 264 g/mol. The predicted molar refractivity (Wildman–Crippen MR) is 80.2 cm³/mol. The molecule has 1 saturated heterocycles. The minimum absolute atomic E-state index is 0.149. The molecule has 2 heterocycles. The fourth-order valence-electron chi connectivity index (χ4n) is 3.07. The summed E-state index contributed by atoms with van der Waals surface area (Å²) in [5.41, 5.74) is 0.998. The number of hydrogen-bond acceptors (Lipinski definition) is 4. The first kappa shape index (κ1) is 14.0. The van der Waals surface area contributed by atoms with Gasteiger partial charge in [0.1, 0.15) is 12.7 Å². The van der Waals surface area contributed by atoms with Gasteiger partial charge in [-0.3, -0.25) is 9.52 Å². The molecule has 1 aliphatic rings. The van der Waals surface area contributed by atoms with E-state index in [1.54, 1.807) is 12.7 Å². The van der Waals surface area contributed by atoms with Crippen LogP contribution < -0.4 is 0 Å².